The fourth-order valence-corrected chi connectivity index (χ4v) is 4.32. The number of ether oxygens (including phenoxy) is 1. The first-order valence-corrected chi connectivity index (χ1v) is 8.74. The molecule has 3 rings (SSSR count). The van der Waals surface area contributed by atoms with Gasteiger partial charge in [-0.15, -0.1) is 0 Å². The van der Waals surface area contributed by atoms with Crippen LogP contribution in [0.5, 0.6) is 5.75 Å². The molecule has 1 aromatic carbocycles. The first kappa shape index (κ1) is 14.4. The van der Waals surface area contributed by atoms with Gasteiger partial charge in [0.25, 0.3) is 0 Å². The van der Waals surface area contributed by atoms with Gasteiger partial charge in [0.05, 0.1) is 6.61 Å². The summed E-state index contributed by atoms with van der Waals surface area (Å²) >= 11 is 3.66. The SMILES string of the molecule is CCNC1CCCCC1Cc1cc(Br)cc2c1OCC2. The number of hydrogen-bond acceptors (Lipinski definition) is 2. The third-order valence-electron chi connectivity index (χ3n) is 4.68. The van der Waals surface area contributed by atoms with E-state index in [0.29, 0.717) is 6.04 Å². The number of halogens is 1. The molecule has 0 bridgehead atoms. The van der Waals surface area contributed by atoms with E-state index in [2.05, 4.69) is 40.3 Å². The lowest BCUT2D eigenvalue weighted by Gasteiger charge is -2.32. The third-order valence-corrected chi connectivity index (χ3v) is 5.14. The fourth-order valence-electron chi connectivity index (χ4n) is 3.76. The van der Waals surface area contributed by atoms with Gasteiger partial charge in [0.2, 0.25) is 0 Å². The Kier molecular flexibility index (Phi) is 4.67. The van der Waals surface area contributed by atoms with Gasteiger partial charge < -0.3 is 10.1 Å². The number of hydrogen-bond donors (Lipinski definition) is 1. The van der Waals surface area contributed by atoms with Crippen molar-refractivity contribution in [3.8, 4) is 5.75 Å². The molecule has 2 nitrogen and oxygen atoms in total. The van der Waals surface area contributed by atoms with Crippen LogP contribution in [-0.4, -0.2) is 19.2 Å². The Bertz CT molecular complexity index is 472. The van der Waals surface area contributed by atoms with Crippen molar-refractivity contribution in [3.05, 3.63) is 27.7 Å². The quantitative estimate of drug-likeness (QED) is 0.893. The zero-order valence-electron chi connectivity index (χ0n) is 12.3. The molecule has 1 N–H and O–H groups in total. The van der Waals surface area contributed by atoms with Crippen molar-refractivity contribution in [2.45, 2.75) is 51.5 Å². The Morgan fingerprint density at radius 2 is 2.15 bits per heavy atom. The maximum Gasteiger partial charge on any atom is 0.125 e. The van der Waals surface area contributed by atoms with E-state index in [0.717, 1.165) is 31.9 Å². The molecule has 0 spiro atoms. The average Bonchev–Trinajstić information content (AvgIpc) is 2.89. The summed E-state index contributed by atoms with van der Waals surface area (Å²) in [4.78, 5) is 0. The zero-order valence-corrected chi connectivity index (χ0v) is 13.8. The summed E-state index contributed by atoms with van der Waals surface area (Å²) in [7, 11) is 0. The minimum Gasteiger partial charge on any atom is -0.493 e. The standard InChI is InChI=1S/C17H24BrNO/c1-2-19-16-6-4-3-5-12(16)9-14-11-15(18)10-13-7-8-20-17(13)14/h10-12,16,19H,2-9H2,1H3. The molecule has 1 aromatic rings. The maximum atomic E-state index is 5.88. The van der Waals surface area contributed by atoms with E-state index in [1.807, 2.05) is 0 Å². The summed E-state index contributed by atoms with van der Waals surface area (Å²) in [6.07, 6.45) is 7.64. The van der Waals surface area contributed by atoms with Crippen LogP contribution in [0.1, 0.15) is 43.7 Å². The van der Waals surface area contributed by atoms with Gasteiger partial charge in [0.15, 0.2) is 0 Å². The second kappa shape index (κ2) is 6.48. The molecule has 2 aliphatic rings. The van der Waals surface area contributed by atoms with Gasteiger partial charge in [-0.3, -0.25) is 0 Å². The Balaban J connectivity index is 1.79. The fraction of sp³-hybridized carbons (Fsp3) is 0.647. The van der Waals surface area contributed by atoms with Crippen LogP contribution in [0.4, 0.5) is 0 Å². The first-order chi connectivity index (χ1) is 9.78. The molecular weight excluding hydrogens is 314 g/mol. The lowest BCUT2D eigenvalue weighted by atomic mass is 9.80. The normalized spacial score (nSPS) is 25.3. The monoisotopic (exact) mass is 337 g/mol. The minimum absolute atomic E-state index is 0.685. The molecule has 0 radical (unpaired) electrons. The summed E-state index contributed by atoms with van der Waals surface area (Å²) in [5.74, 6) is 1.93. The van der Waals surface area contributed by atoms with E-state index in [1.54, 1.807) is 0 Å². The second-order valence-corrected chi connectivity index (χ2v) is 6.98. The molecule has 1 saturated carbocycles. The van der Waals surface area contributed by atoms with E-state index in [1.165, 1.54) is 47.0 Å². The van der Waals surface area contributed by atoms with Crippen LogP contribution < -0.4 is 10.1 Å². The van der Waals surface area contributed by atoms with Crippen LogP contribution in [0.15, 0.2) is 16.6 Å². The summed E-state index contributed by atoms with van der Waals surface area (Å²) in [5.41, 5.74) is 2.78. The van der Waals surface area contributed by atoms with Gasteiger partial charge in [-0.2, -0.15) is 0 Å². The number of fused-ring (bicyclic) bond motifs is 1. The van der Waals surface area contributed by atoms with Crippen LogP contribution in [0.2, 0.25) is 0 Å². The van der Waals surface area contributed by atoms with Gasteiger partial charge in [-0.1, -0.05) is 35.7 Å². The third kappa shape index (κ3) is 3.04. The molecule has 1 fully saturated rings. The van der Waals surface area contributed by atoms with E-state index >= 15 is 0 Å². The Morgan fingerprint density at radius 3 is 3.00 bits per heavy atom. The molecule has 0 saturated heterocycles. The topological polar surface area (TPSA) is 21.3 Å². The molecule has 0 aromatic heterocycles. The molecular formula is C17H24BrNO. The molecule has 110 valence electrons. The number of nitrogens with one attached hydrogen (secondary N) is 1. The molecule has 0 amide bonds. The van der Waals surface area contributed by atoms with Crippen LogP contribution >= 0.6 is 15.9 Å². The van der Waals surface area contributed by atoms with Crippen LogP contribution in [0.3, 0.4) is 0 Å². The van der Waals surface area contributed by atoms with Gasteiger partial charge >= 0.3 is 0 Å². The molecule has 2 atom stereocenters. The molecule has 1 aliphatic heterocycles. The van der Waals surface area contributed by atoms with Gasteiger partial charge in [0, 0.05) is 16.9 Å². The van der Waals surface area contributed by atoms with Gasteiger partial charge in [-0.05, 0) is 55.0 Å². The van der Waals surface area contributed by atoms with Crippen LogP contribution in [0, 0.1) is 5.92 Å². The zero-order chi connectivity index (χ0) is 13.9. The highest BCUT2D eigenvalue weighted by Gasteiger charge is 2.27. The predicted octanol–water partition coefficient (Wildman–Crippen LogP) is 4.09. The molecule has 1 aliphatic carbocycles. The van der Waals surface area contributed by atoms with Crippen molar-refractivity contribution < 1.29 is 4.74 Å². The lowest BCUT2D eigenvalue weighted by molar-refractivity contribution is 0.261. The van der Waals surface area contributed by atoms with Gasteiger partial charge in [0.1, 0.15) is 5.75 Å². The van der Waals surface area contributed by atoms with Crippen molar-refractivity contribution in [2.75, 3.05) is 13.2 Å². The molecule has 3 heteroatoms. The Labute approximate surface area is 130 Å². The second-order valence-electron chi connectivity index (χ2n) is 6.06. The minimum atomic E-state index is 0.685. The summed E-state index contributed by atoms with van der Waals surface area (Å²) in [6, 6.07) is 5.17. The van der Waals surface area contributed by atoms with Crippen molar-refractivity contribution in [2.24, 2.45) is 5.92 Å². The van der Waals surface area contributed by atoms with E-state index in [4.69, 9.17) is 4.74 Å². The largest absolute Gasteiger partial charge is 0.493 e. The van der Waals surface area contributed by atoms with Crippen molar-refractivity contribution in [3.63, 3.8) is 0 Å². The molecule has 2 unspecified atom stereocenters. The highest BCUT2D eigenvalue weighted by molar-refractivity contribution is 9.10. The molecule has 20 heavy (non-hydrogen) atoms. The van der Waals surface area contributed by atoms with Crippen molar-refractivity contribution >= 4 is 15.9 Å². The molecule has 1 heterocycles. The van der Waals surface area contributed by atoms with Crippen molar-refractivity contribution in [1.29, 1.82) is 0 Å². The van der Waals surface area contributed by atoms with Gasteiger partial charge in [-0.25, -0.2) is 0 Å². The predicted molar refractivity (Wildman–Crippen MR) is 86.5 cm³/mol. The first-order valence-electron chi connectivity index (χ1n) is 7.95. The van der Waals surface area contributed by atoms with Crippen LogP contribution in [0.25, 0.3) is 0 Å². The highest BCUT2D eigenvalue weighted by atomic mass is 79.9. The summed E-state index contributed by atoms with van der Waals surface area (Å²) < 4.78 is 7.08. The summed E-state index contributed by atoms with van der Waals surface area (Å²) in [6.45, 7) is 4.14. The van der Waals surface area contributed by atoms with E-state index < -0.39 is 0 Å². The van der Waals surface area contributed by atoms with Crippen LogP contribution in [-0.2, 0) is 12.8 Å². The average molecular weight is 338 g/mol. The number of rotatable bonds is 4. The number of benzene rings is 1. The Morgan fingerprint density at radius 1 is 1.30 bits per heavy atom. The summed E-state index contributed by atoms with van der Waals surface area (Å²) in [5, 5.41) is 3.68. The lowest BCUT2D eigenvalue weighted by Crippen LogP contribution is -2.39. The van der Waals surface area contributed by atoms with E-state index in [-0.39, 0.29) is 0 Å². The smallest absolute Gasteiger partial charge is 0.125 e. The highest BCUT2D eigenvalue weighted by Crippen LogP contribution is 2.37. The maximum absolute atomic E-state index is 5.88. The van der Waals surface area contributed by atoms with E-state index in [9.17, 15) is 0 Å². The Hall–Kier alpha value is -0.540. The van der Waals surface area contributed by atoms with Crippen molar-refractivity contribution in [1.82, 2.24) is 5.32 Å².